The van der Waals surface area contributed by atoms with Gasteiger partial charge in [0.25, 0.3) is 0 Å². The number of hydrogen-bond donors (Lipinski definition) is 1. The molecule has 0 unspecified atom stereocenters. The van der Waals surface area contributed by atoms with E-state index in [0.717, 1.165) is 16.7 Å². The van der Waals surface area contributed by atoms with Crippen molar-refractivity contribution in [3.8, 4) is 6.07 Å². The summed E-state index contributed by atoms with van der Waals surface area (Å²) in [5.41, 5.74) is 3.75. The summed E-state index contributed by atoms with van der Waals surface area (Å²) in [4.78, 5) is 16.3. The molecule has 23 heavy (non-hydrogen) atoms. The minimum Gasteiger partial charge on any atom is -0.441 e. The van der Waals surface area contributed by atoms with E-state index < -0.39 is 0 Å². The first-order chi connectivity index (χ1) is 11.1. The number of fused-ring (bicyclic) bond motifs is 1. The van der Waals surface area contributed by atoms with Crippen molar-refractivity contribution in [2.45, 2.75) is 19.8 Å². The second-order valence-corrected chi connectivity index (χ2v) is 5.28. The zero-order valence-electron chi connectivity index (χ0n) is 12.7. The Hall–Kier alpha value is -3.13. The number of carbonyl (C=O) groups is 1. The van der Waals surface area contributed by atoms with E-state index >= 15 is 0 Å². The maximum Gasteiger partial charge on any atom is 0.224 e. The van der Waals surface area contributed by atoms with Crippen LogP contribution < -0.4 is 5.32 Å². The highest BCUT2D eigenvalue weighted by atomic mass is 16.3. The molecule has 0 aliphatic rings. The lowest BCUT2D eigenvalue weighted by Crippen LogP contribution is -2.12. The van der Waals surface area contributed by atoms with Crippen molar-refractivity contribution in [1.82, 2.24) is 4.98 Å². The number of rotatable bonds is 4. The molecule has 0 spiro atoms. The molecule has 0 aliphatic carbocycles. The summed E-state index contributed by atoms with van der Waals surface area (Å²) in [6.45, 7) is 1.81. The Morgan fingerprint density at radius 2 is 2.17 bits per heavy atom. The number of amides is 1. The predicted octanol–water partition coefficient (Wildman–Crippen LogP) is 3.58. The summed E-state index contributed by atoms with van der Waals surface area (Å²) in [6, 6.07) is 14.7. The molecule has 1 N–H and O–H groups in total. The van der Waals surface area contributed by atoms with Gasteiger partial charge in [0.2, 0.25) is 5.91 Å². The van der Waals surface area contributed by atoms with Gasteiger partial charge in [0, 0.05) is 19.0 Å². The molecular formula is C18H15N3O2. The molecule has 5 heteroatoms. The van der Waals surface area contributed by atoms with Crippen LogP contribution >= 0.6 is 0 Å². The van der Waals surface area contributed by atoms with Crippen molar-refractivity contribution >= 4 is 22.7 Å². The van der Waals surface area contributed by atoms with Crippen LogP contribution in [-0.4, -0.2) is 10.9 Å². The van der Waals surface area contributed by atoms with Gasteiger partial charge in [0.1, 0.15) is 5.52 Å². The first-order valence-electron chi connectivity index (χ1n) is 7.30. The van der Waals surface area contributed by atoms with E-state index in [0.29, 0.717) is 30.0 Å². The molecule has 3 aromatic rings. The van der Waals surface area contributed by atoms with Crippen LogP contribution in [-0.2, 0) is 11.2 Å². The van der Waals surface area contributed by atoms with Crippen molar-refractivity contribution < 1.29 is 9.21 Å². The van der Waals surface area contributed by atoms with Gasteiger partial charge >= 0.3 is 0 Å². The van der Waals surface area contributed by atoms with E-state index in [1.54, 1.807) is 24.3 Å². The van der Waals surface area contributed by atoms with Crippen LogP contribution in [0.1, 0.15) is 23.4 Å². The molecule has 114 valence electrons. The largest absolute Gasteiger partial charge is 0.441 e. The highest BCUT2D eigenvalue weighted by molar-refractivity contribution is 5.91. The monoisotopic (exact) mass is 305 g/mol. The third-order valence-corrected chi connectivity index (χ3v) is 3.48. The zero-order chi connectivity index (χ0) is 16.2. The predicted molar refractivity (Wildman–Crippen MR) is 86.9 cm³/mol. The zero-order valence-corrected chi connectivity index (χ0v) is 12.7. The summed E-state index contributed by atoms with van der Waals surface area (Å²) in [5.74, 6) is 0.545. The number of nitrogens with one attached hydrogen (secondary N) is 1. The van der Waals surface area contributed by atoms with Gasteiger partial charge < -0.3 is 9.73 Å². The SMILES string of the molecule is Cc1nc2cc(CCC(=O)Nc3cccc(C#N)c3)ccc2o1. The van der Waals surface area contributed by atoms with Gasteiger partial charge in [-0.05, 0) is 42.3 Å². The standard InChI is InChI=1S/C18H15N3O2/c1-12-20-16-10-13(5-7-17(16)23-12)6-8-18(22)21-15-4-2-3-14(9-15)11-19/h2-5,7,9-10H,6,8H2,1H3,(H,21,22). The van der Waals surface area contributed by atoms with Gasteiger partial charge in [-0.15, -0.1) is 0 Å². The lowest BCUT2D eigenvalue weighted by Gasteiger charge is -2.05. The Bertz CT molecular complexity index is 906. The summed E-state index contributed by atoms with van der Waals surface area (Å²) < 4.78 is 5.43. The molecule has 1 aromatic heterocycles. The molecule has 0 aliphatic heterocycles. The summed E-state index contributed by atoms with van der Waals surface area (Å²) in [5, 5.41) is 11.7. The Balaban J connectivity index is 1.62. The molecule has 1 heterocycles. The molecule has 3 rings (SSSR count). The Labute approximate surface area is 133 Å². The van der Waals surface area contributed by atoms with Gasteiger partial charge in [-0.1, -0.05) is 12.1 Å². The van der Waals surface area contributed by atoms with E-state index in [2.05, 4.69) is 16.4 Å². The van der Waals surface area contributed by atoms with Crippen LogP contribution in [0.25, 0.3) is 11.1 Å². The average molecular weight is 305 g/mol. The third kappa shape index (κ3) is 3.55. The maximum absolute atomic E-state index is 12.0. The van der Waals surface area contributed by atoms with Crippen LogP contribution in [0.4, 0.5) is 5.69 Å². The first kappa shape index (κ1) is 14.8. The molecule has 5 nitrogen and oxygen atoms in total. The second-order valence-electron chi connectivity index (χ2n) is 5.28. The molecule has 0 atom stereocenters. The summed E-state index contributed by atoms with van der Waals surface area (Å²) >= 11 is 0. The van der Waals surface area contributed by atoms with Crippen molar-refractivity contribution in [2.75, 3.05) is 5.32 Å². The molecule has 0 fully saturated rings. The number of aryl methyl sites for hydroxylation is 2. The molecule has 0 saturated carbocycles. The number of aromatic nitrogens is 1. The Morgan fingerprint density at radius 3 is 3.00 bits per heavy atom. The Morgan fingerprint density at radius 1 is 1.30 bits per heavy atom. The van der Waals surface area contributed by atoms with Gasteiger partial charge in [-0.2, -0.15) is 5.26 Å². The van der Waals surface area contributed by atoms with Crippen LogP contribution in [0.5, 0.6) is 0 Å². The van der Waals surface area contributed by atoms with E-state index in [-0.39, 0.29) is 5.91 Å². The fourth-order valence-corrected chi connectivity index (χ4v) is 2.39. The number of nitrogens with zero attached hydrogens (tertiary/aromatic N) is 2. The van der Waals surface area contributed by atoms with Gasteiger partial charge in [-0.25, -0.2) is 4.98 Å². The van der Waals surface area contributed by atoms with Crippen molar-refractivity contribution in [3.63, 3.8) is 0 Å². The fourth-order valence-electron chi connectivity index (χ4n) is 2.39. The van der Waals surface area contributed by atoms with Crippen molar-refractivity contribution in [2.24, 2.45) is 0 Å². The highest BCUT2D eigenvalue weighted by Crippen LogP contribution is 2.18. The second kappa shape index (κ2) is 6.32. The van der Waals surface area contributed by atoms with Crippen molar-refractivity contribution in [1.29, 1.82) is 5.26 Å². The highest BCUT2D eigenvalue weighted by Gasteiger charge is 2.07. The van der Waals surface area contributed by atoms with E-state index in [4.69, 9.17) is 9.68 Å². The smallest absolute Gasteiger partial charge is 0.224 e. The molecule has 0 radical (unpaired) electrons. The molecule has 2 aromatic carbocycles. The van der Waals surface area contributed by atoms with E-state index in [1.807, 2.05) is 25.1 Å². The van der Waals surface area contributed by atoms with Crippen molar-refractivity contribution in [3.05, 3.63) is 59.5 Å². The van der Waals surface area contributed by atoms with Crippen LogP contribution in [0.2, 0.25) is 0 Å². The molecular weight excluding hydrogens is 290 g/mol. The van der Waals surface area contributed by atoms with E-state index in [1.165, 1.54) is 0 Å². The summed E-state index contributed by atoms with van der Waals surface area (Å²) in [7, 11) is 0. The first-order valence-corrected chi connectivity index (χ1v) is 7.30. The van der Waals surface area contributed by atoms with Gasteiger partial charge in [0.15, 0.2) is 11.5 Å². The third-order valence-electron chi connectivity index (χ3n) is 3.48. The lowest BCUT2D eigenvalue weighted by atomic mass is 10.1. The number of oxazole rings is 1. The number of hydrogen-bond acceptors (Lipinski definition) is 4. The van der Waals surface area contributed by atoms with Crippen LogP contribution in [0.3, 0.4) is 0 Å². The number of nitriles is 1. The molecule has 0 saturated heterocycles. The minimum absolute atomic E-state index is 0.0866. The molecule has 0 bridgehead atoms. The fraction of sp³-hybridized carbons (Fsp3) is 0.167. The quantitative estimate of drug-likeness (QED) is 0.799. The normalized spacial score (nSPS) is 10.4. The lowest BCUT2D eigenvalue weighted by molar-refractivity contribution is -0.116. The number of anilines is 1. The topological polar surface area (TPSA) is 78.9 Å². The molecule has 1 amide bonds. The Kier molecular flexibility index (Phi) is 4.07. The minimum atomic E-state index is -0.0866. The summed E-state index contributed by atoms with van der Waals surface area (Å²) in [6.07, 6.45) is 0.977. The maximum atomic E-state index is 12.0. The number of benzene rings is 2. The van der Waals surface area contributed by atoms with Gasteiger partial charge in [-0.3, -0.25) is 4.79 Å². The van der Waals surface area contributed by atoms with Crippen LogP contribution in [0, 0.1) is 18.3 Å². The number of carbonyl (C=O) groups excluding carboxylic acids is 1. The van der Waals surface area contributed by atoms with Crippen LogP contribution in [0.15, 0.2) is 46.9 Å². The average Bonchev–Trinajstić information content (AvgIpc) is 2.92. The van der Waals surface area contributed by atoms with E-state index in [9.17, 15) is 4.79 Å². The van der Waals surface area contributed by atoms with Gasteiger partial charge in [0.05, 0.1) is 11.6 Å².